The first-order chi connectivity index (χ1) is 13.0. The van der Waals surface area contributed by atoms with Gasteiger partial charge in [0.25, 0.3) is 0 Å². The van der Waals surface area contributed by atoms with E-state index in [-0.39, 0.29) is 36.0 Å². The third-order valence-corrected chi connectivity index (χ3v) is 3.81. The molecule has 1 atom stereocenters. The van der Waals surface area contributed by atoms with Crippen LogP contribution in [0.2, 0.25) is 0 Å². The Morgan fingerprint density at radius 2 is 2.04 bits per heavy atom. The lowest BCUT2D eigenvalue weighted by molar-refractivity contribution is 0.230. The van der Waals surface area contributed by atoms with E-state index in [0.29, 0.717) is 25.4 Å². The van der Waals surface area contributed by atoms with E-state index in [1.807, 2.05) is 45.9 Å². The number of guanidine groups is 1. The van der Waals surface area contributed by atoms with Gasteiger partial charge in [0.1, 0.15) is 11.9 Å². The van der Waals surface area contributed by atoms with Crippen LogP contribution in [0.5, 0.6) is 5.75 Å². The van der Waals surface area contributed by atoms with Crippen LogP contribution in [0.15, 0.2) is 33.8 Å². The van der Waals surface area contributed by atoms with Crippen molar-refractivity contribution < 1.29 is 9.26 Å². The van der Waals surface area contributed by atoms with Gasteiger partial charge >= 0.3 is 0 Å². The van der Waals surface area contributed by atoms with E-state index in [1.165, 1.54) is 5.56 Å². The third kappa shape index (κ3) is 8.45. The number of nitrogens with zero attached hydrogens (tertiary/aromatic N) is 3. The van der Waals surface area contributed by atoms with Crippen LogP contribution in [0.4, 0.5) is 0 Å². The molecule has 1 aromatic carbocycles. The molecule has 1 unspecified atom stereocenters. The van der Waals surface area contributed by atoms with Gasteiger partial charge in [0.05, 0.1) is 6.54 Å². The number of aryl methyl sites for hydroxylation is 1. The number of hydrogen-bond acceptors (Lipinski definition) is 5. The second kappa shape index (κ2) is 12.6. The van der Waals surface area contributed by atoms with Gasteiger partial charge in [-0.25, -0.2) is 4.99 Å². The predicted octanol–water partition coefficient (Wildman–Crippen LogP) is 3.68. The topological polar surface area (TPSA) is 84.6 Å². The summed E-state index contributed by atoms with van der Waals surface area (Å²) in [4.78, 5) is 8.98. The van der Waals surface area contributed by atoms with Crippen LogP contribution in [0.1, 0.15) is 50.9 Å². The molecule has 28 heavy (non-hydrogen) atoms. The largest absolute Gasteiger partial charge is 0.489 e. The van der Waals surface area contributed by atoms with Crippen LogP contribution >= 0.6 is 24.0 Å². The Kier molecular flexibility index (Phi) is 10.9. The Hall–Kier alpha value is -1.84. The minimum absolute atomic E-state index is 0. The monoisotopic (exact) mass is 501 g/mol. The molecule has 7 nitrogen and oxygen atoms in total. The van der Waals surface area contributed by atoms with Crippen molar-refractivity contribution in [2.45, 2.75) is 53.1 Å². The number of aromatic nitrogens is 2. The maximum atomic E-state index is 5.93. The van der Waals surface area contributed by atoms with Crippen molar-refractivity contribution in [3.63, 3.8) is 0 Å². The molecule has 0 fully saturated rings. The number of nitrogens with one attached hydrogen (secondary N) is 2. The van der Waals surface area contributed by atoms with Gasteiger partial charge in [0.15, 0.2) is 11.8 Å². The van der Waals surface area contributed by atoms with Crippen LogP contribution in [-0.2, 0) is 6.42 Å². The van der Waals surface area contributed by atoms with Gasteiger partial charge in [-0.1, -0.05) is 31.1 Å². The van der Waals surface area contributed by atoms with Crippen LogP contribution in [0.3, 0.4) is 0 Å². The standard InChI is InChI=1S/C20H31N5O2.HI/c1-6-21-20(22-11-10-18-24-19(14(2)3)25-27-18)23-13-16(5)26-17-9-7-8-15(4)12-17;/h7-9,12,14,16H,6,10-11,13H2,1-5H3,(H2,21,22,23);1H. The van der Waals surface area contributed by atoms with E-state index >= 15 is 0 Å². The fraction of sp³-hybridized carbons (Fsp3) is 0.550. The van der Waals surface area contributed by atoms with Gasteiger partial charge in [-0.05, 0) is 38.5 Å². The molecule has 0 spiro atoms. The molecular formula is C20H32IN5O2. The maximum Gasteiger partial charge on any atom is 0.228 e. The molecule has 1 aromatic heterocycles. The Morgan fingerprint density at radius 3 is 2.68 bits per heavy atom. The summed E-state index contributed by atoms with van der Waals surface area (Å²) in [5.74, 6) is 3.27. The summed E-state index contributed by atoms with van der Waals surface area (Å²) < 4.78 is 11.2. The zero-order valence-electron chi connectivity index (χ0n) is 17.4. The Labute approximate surface area is 184 Å². The summed E-state index contributed by atoms with van der Waals surface area (Å²) in [5.41, 5.74) is 1.18. The van der Waals surface area contributed by atoms with Crippen molar-refractivity contribution in [3.05, 3.63) is 41.5 Å². The summed E-state index contributed by atoms with van der Waals surface area (Å²) in [5, 5.41) is 10.5. The van der Waals surface area contributed by atoms with Gasteiger partial charge in [-0.15, -0.1) is 24.0 Å². The summed E-state index contributed by atoms with van der Waals surface area (Å²) in [6.07, 6.45) is 0.631. The van der Waals surface area contributed by atoms with Crippen molar-refractivity contribution in [3.8, 4) is 5.75 Å². The van der Waals surface area contributed by atoms with Crippen LogP contribution in [0, 0.1) is 6.92 Å². The SMILES string of the molecule is CCNC(=NCC(C)Oc1cccc(C)c1)NCCc1nc(C(C)C)no1.I. The smallest absolute Gasteiger partial charge is 0.228 e. The first-order valence-electron chi connectivity index (χ1n) is 9.56. The molecule has 1 heterocycles. The molecule has 0 saturated heterocycles. The van der Waals surface area contributed by atoms with Crippen molar-refractivity contribution in [2.75, 3.05) is 19.6 Å². The number of benzene rings is 1. The van der Waals surface area contributed by atoms with Gasteiger partial charge in [0.2, 0.25) is 5.89 Å². The Balaban J connectivity index is 0.00000392. The Bertz CT molecular complexity index is 733. The fourth-order valence-corrected chi connectivity index (χ4v) is 2.41. The third-order valence-electron chi connectivity index (χ3n) is 3.81. The number of rotatable bonds is 9. The van der Waals surface area contributed by atoms with Crippen molar-refractivity contribution in [2.24, 2.45) is 4.99 Å². The summed E-state index contributed by atoms with van der Waals surface area (Å²) in [6.45, 7) is 12.2. The molecule has 0 amide bonds. The maximum absolute atomic E-state index is 5.93. The molecule has 0 aliphatic carbocycles. The molecular weight excluding hydrogens is 469 g/mol. The van der Waals surface area contributed by atoms with Crippen LogP contribution < -0.4 is 15.4 Å². The van der Waals surface area contributed by atoms with E-state index in [2.05, 4.69) is 38.8 Å². The van der Waals surface area contributed by atoms with Gasteiger partial charge in [-0.3, -0.25) is 0 Å². The highest BCUT2D eigenvalue weighted by Crippen LogP contribution is 2.14. The molecule has 2 rings (SSSR count). The van der Waals surface area contributed by atoms with Crippen LogP contribution in [-0.4, -0.2) is 41.8 Å². The normalized spacial score (nSPS) is 12.4. The second-order valence-corrected chi connectivity index (χ2v) is 6.84. The number of hydrogen-bond donors (Lipinski definition) is 2. The highest BCUT2D eigenvalue weighted by atomic mass is 127. The van der Waals surface area contributed by atoms with Gasteiger partial charge < -0.3 is 19.9 Å². The molecule has 2 N–H and O–H groups in total. The minimum Gasteiger partial charge on any atom is -0.489 e. The first-order valence-corrected chi connectivity index (χ1v) is 9.56. The molecule has 0 aliphatic heterocycles. The highest BCUT2D eigenvalue weighted by molar-refractivity contribution is 14.0. The number of halogens is 1. The van der Waals surface area contributed by atoms with Crippen LogP contribution in [0.25, 0.3) is 0 Å². The van der Waals surface area contributed by atoms with Crippen molar-refractivity contribution in [1.29, 1.82) is 0 Å². The lowest BCUT2D eigenvalue weighted by Gasteiger charge is -2.15. The number of aliphatic imine (C=N–C) groups is 1. The lowest BCUT2D eigenvalue weighted by atomic mass is 10.2. The molecule has 2 aromatic rings. The predicted molar refractivity (Wildman–Crippen MR) is 123 cm³/mol. The second-order valence-electron chi connectivity index (χ2n) is 6.84. The van der Waals surface area contributed by atoms with Crippen molar-refractivity contribution >= 4 is 29.9 Å². The molecule has 156 valence electrons. The molecule has 0 aliphatic rings. The average Bonchev–Trinajstić information content (AvgIpc) is 3.09. The van der Waals surface area contributed by atoms with Gasteiger partial charge in [0, 0.05) is 25.4 Å². The quantitative estimate of drug-likeness (QED) is 0.310. The molecule has 0 saturated carbocycles. The summed E-state index contributed by atoms with van der Waals surface area (Å²) >= 11 is 0. The zero-order chi connectivity index (χ0) is 19.6. The minimum atomic E-state index is -0.0215. The van der Waals surface area contributed by atoms with E-state index in [0.717, 1.165) is 24.1 Å². The average molecular weight is 501 g/mol. The van der Waals surface area contributed by atoms with Gasteiger partial charge in [-0.2, -0.15) is 4.98 Å². The van der Waals surface area contributed by atoms with E-state index in [1.54, 1.807) is 0 Å². The lowest BCUT2D eigenvalue weighted by Crippen LogP contribution is -2.39. The zero-order valence-corrected chi connectivity index (χ0v) is 19.7. The first kappa shape index (κ1) is 24.2. The van der Waals surface area contributed by atoms with E-state index in [4.69, 9.17) is 9.26 Å². The van der Waals surface area contributed by atoms with E-state index in [9.17, 15) is 0 Å². The summed E-state index contributed by atoms with van der Waals surface area (Å²) in [7, 11) is 0. The molecule has 0 radical (unpaired) electrons. The summed E-state index contributed by atoms with van der Waals surface area (Å²) in [6, 6.07) is 8.04. The molecule has 8 heteroatoms. The van der Waals surface area contributed by atoms with E-state index < -0.39 is 0 Å². The number of ether oxygens (including phenoxy) is 1. The fourth-order valence-electron chi connectivity index (χ4n) is 2.41. The highest BCUT2D eigenvalue weighted by Gasteiger charge is 2.10. The Morgan fingerprint density at radius 1 is 1.25 bits per heavy atom. The molecule has 0 bridgehead atoms. The van der Waals surface area contributed by atoms with Crippen molar-refractivity contribution in [1.82, 2.24) is 20.8 Å².